The van der Waals surface area contributed by atoms with Gasteiger partial charge in [0.05, 0.1) is 6.61 Å². The zero-order valence-corrected chi connectivity index (χ0v) is 8.28. The topological polar surface area (TPSA) is 72.8 Å². The smallest absolute Gasteiger partial charge is 0.333 e. The summed E-state index contributed by atoms with van der Waals surface area (Å²) < 4.78 is 9.54. The highest BCUT2D eigenvalue weighted by Gasteiger charge is 2.30. The SMILES string of the molecule is C=CC(=O)OC(C)(CCO)OC(C)=O. The summed E-state index contributed by atoms with van der Waals surface area (Å²) in [7, 11) is 0. The molecule has 0 aromatic heterocycles. The molecule has 0 radical (unpaired) electrons. The summed E-state index contributed by atoms with van der Waals surface area (Å²) in [5, 5.41) is 8.69. The van der Waals surface area contributed by atoms with E-state index in [1.54, 1.807) is 0 Å². The minimum atomic E-state index is -1.42. The van der Waals surface area contributed by atoms with Crippen molar-refractivity contribution in [3.8, 4) is 0 Å². The van der Waals surface area contributed by atoms with E-state index in [1.807, 2.05) is 0 Å². The van der Waals surface area contributed by atoms with Crippen LogP contribution in [0.15, 0.2) is 12.7 Å². The highest BCUT2D eigenvalue weighted by molar-refractivity contribution is 5.81. The van der Waals surface area contributed by atoms with Crippen molar-refractivity contribution in [2.75, 3.05) is 6.61 Å². The lowest BCUT2D eigenvalue weighted by atomic mass is 10.2. The van der Waals surface area contributed by atoms with Crippen LogP contribution < -0.4 is 0 Å². The van der Waals surface area contributed by atoms with Gasteiger partial charge in [-0.15, -0.1) is 0 Å². The van der Waals surface area contributed by atoms with E-state index in [1.165, 1.54) is 13.8 Å². The molecule has 0 aliphatic carbocycles. The number of carbonyl (C=O) groups is 2. The largest absolute Gasteiger partial charge is 0.423 e. The molecule has 0 bridgehead atoms. The molecule has 5 nitrogen and oxygen atoms in total. The first-order valence-electron chi connectivity index (χ1n) is 4.09. The van der Waals surface area contributed by atoms with Crippen molar-refractivity contribution >= 4 is 11.9 Å². The maximum absolute atomic E-state index is 10.9. The van der Waals surface area contributed by atoms with Gasteiger partial charge >= 0.3 is 11.9 Å². The minimum Gasteiger partial charge on any atom is -0.423 e. The molecule has 1 atom stereocenters. The number of rotatable bonds is 5. The molecule has 0 aliphatic heterocycles. The van der Waals surface area contributed by atoms with Gasteiger partial charge in [0.1, 0.15) is 0 Å². The summed E-state index contributed by atoms with van der Waals surface area (Å²) in [5.41, 5.74) is 0. The highest BCUT2D eigenvalue weighted by Crippen LogP contribution is 2.17. The molecule has 0 aliphatic rings. The molecule has 80 valence electrons. The summed E-state index contributed by atoms with van der Waals surface area (Å²) in [5.74, 6) is -2.72. The second kappa shape index (κ2) is 5.39. The number of aliphatic hydroxyl groups is 1. The van der Waals surface area contributed by atoms with Gasteiger partial charge in [-0.05, 0) is 0 Å². The van der Waals surface area contributed by atoms with Crippen LogP contribution in [0.5, 0.6) is 0 Å². The van der Waals surface area contributed by atoms with Crippen molar-refractivity contribution in [1.82, 2.24) is 0 Å². The lowest BCUT2D eigenvalue weighted by Gasteiger charge is -2.27. The van der Waals surface area contributed by atoms with Crippen molar-refractivity contribution in [3.05, 3.63) is 12.7 Å². The Balaban J connectivity index is 4.44. The standard InChI is InChI=1S/C9H14O5/c1-4-8(12)14-9(3,5-6-10)13-7(2)11/h4,10H,1,5-6H2,2-3H3. The van der Waals surface area contributed by atoms with E-state index in [-0.39, 0.29) is 13.0 Å². The van der Waals surface area contributed by atoms with Crippen LogP contribution in [-0.2, 0) is 19.1 Å². The molecule has 0 fully saturated rings. The van der Waals surface area contributed by atoms with Crippen LogP contribution in [0.2, 0.25) is 0 Å². The molecule has 14 heavy (non-hydrogen) atoms. The third-order valence-electron chi connectivity index (χ3n) is 1.41. The fourth-order valence-corrected chi connectivity index (χ4v) is 0.884. The van der Waals surface area contributed by atoms with E-state index in [4.69, 9.17) is 14.6 Å². The third-order valence-corrected chi connectivity index (χ3v) is 1.41. The molecule has 5 heteroatoms. The number of esters is 2. The first-order chi connectivity index (χ1) is 6.43. The van der Waals surface area contributed by atoms with Gasteiger partial charge in [0.25, 0.3) is 5.79 Å². The predicted molar refractivity (Wildman–Crippen MR) is 48.2 cm³/mol. The van der Waals surface area contributed by atoms with Crippen LogP contribution >= 0.6 is 0 Å². The lowest BCUT2D eigenvalue weighted by Crippen LogP contribution is -2.37. The van der Waals surface area contributed by atoms with Crippen molar-refractivity contribution in [1.29, 1.82) is 0 Å². The summed E-state index contributed by atoms with van der Waals surface area (Å²) >= 11 is 0. The first-order valence-corrected chi connectivity index (χ1v) is 4.09. The second-order valence-corrected chi connectivity index (χ2v) is 2.83. The lowest BCUT2D eigenvalue weighted by molar-refractivity contribution is -0.221. The predicted octanol–water partition coefficient (Wildman–Crippen LogP) is 0.377. The quantitative estimate of drug-likeness (QED) is 0.396. The number of hydrogen-bond donors (Lipinski definition) is 1. The Bertz CT molecular complexity index is 235. The minimum absolute atomic E-state index is 0.0200. The molecule has 1 unspecified atom stereocenters. The van der Waals surface area contributed by atoms with E-state index in [2.05, 4.69) is 6.58 Å². The van der Waals surface area contributed by atoms with Gasteiger partial charge < -0.3 is 14.6 Å². The van der Waals surface area contributed by atoms with Gasteiger partial charge in [-0.25, -0.2) is 4.79 Å². The summed E-state index contributed by atoms with van der Waals surface area (Å²) in [6, 6.07) is 0. The molecular formula is C9H14O5. The fraction of sp³-hybridized carbons (Fsp3) is 0.556. The Kier molecular flexibility index (Phi) is 4.86. The molecule has 0 amide bonds. The molecule has 0 saturated heterocycles. The van der Waals surface area contributed by atoms with E-state index < -0.39 is 17.7 Å². The van der Waals surface area contributed by atoms with E-state index >= 15 is 0 Å². The zero-order chi connectivity index (χ0) is 11.2. The fourth-order valence-electron chi connectivity index (χ4n) is 0.884. The van der Waals surface area contributed by atoms with E-state index in [9.17, 15) is 9.59 Å². The molecule has 0 saturated carbocycles. The van der Waals surface area contributed by atoms with Crippen LogP contribution in [0.1, 0.15) is 20.3 Å². The second-order valence-electron chi connectivity index (χ2n) is 2.83. The van der Waals surface area contributed by atoms with E-state index in [0.29, 0.717) is 0 Å². The monoisotopic (exact) mass is 202 g/mol. The maximum atomic E-state index is 10.9. The van der Waals surface area contributed by atoms with Gasteiger partial charge in [-0.3, -0.25) is 4.79 Å². The zero-order valence-electron chi connectivity index (χ0n) is 8.28. The van der Waals surface area contributed by atoms with Crippen LogP contribution in [-0.4, -0.2) is 29.4 Å². The summed E-state index contributed by atoms with van der Waals surface area (Å²) in [6.45, 7) is 5.54. The normalized spacial score (nSPS) is 13.9. The average molecular weight is 202 g/mol. The molecule has 0 aromatic rings. The Morgan fingerprint density at radius 2 is 2.07 bits per heavy atom. The van der Waals surface area contributed by atoms with E-state index in [0.717, 1.165) is 6.08 Å². The Hall–Kier alpha value is -1.36. The number of carbonyl (C=O) groups excluding carboxylic acids is 2. The van der Waals surface area contributed by atoms with Crippen molar-refractivity contribution in [3.63, 3.8) is 0 Å². The molecule has 0 heterocycles. The Labute approximate surface area is 82.3 Å². The Morgan fingerprint density at radius 1 is 1.50 bits per heavy atom. The van der Waals surface area contributed by atoms with Gasteiger partial charge in [0.2, 0.25) is 0 Å². The first kappa shape index (κ1) is 12.6. The van der Waals surface area contributed by atoms with Crippen LogP contribution in [0, 0.1) is 0 Å². The summed E-state index contributed by atoms with van der Waals surface area (Å²) in [4.78, 5) is 21.6. The highest BCUT2D eigenvalue weighted by atomic mass is 16.7. The molecule has 0 rings (SSSR count). The van der Waals surface area contributed by atoms with Crippen LogP contribution in [0.3, 0.4) is 0 Å². The number of aliphatic hydroxyl groups excluding tert-OH is 1. The number of hydrogen-bond acceptors (Lipinski definition) is 5. The molecule has 1 N–H and O–H groups in total. The average Bonchev–Trinajstić information content (AvgIpc) is 2.02. The van der Waals surface area contributed by atoms with Gasteiger partial charge in [-0.1, -0.05) is 6.58 Å². The molecular weight excluding hydrogens is 188 g/mol. The maximum Gasteiger partial charge on any atom is 0.333 e. The third kappa shape index (κ3) is 4.61. The molecule has 0 aromatic carbocycles. The summed E-state index contributed by atoms with van der Waals surface area (Å²) in [6.07, 6.45) is 0.977. The van der Waals surface area contributed by atoms with Gasteiger partial charge in [-0.2, -0.15) is 0 Å². The van der Waals surface area contributed by atoms with Crippen molar-refractivity contribution in [2.24, 2.45) is 0 Å². The van der Waals surface area contributed by atoms with Crippen LogP contribution in [0.25, 0.3) is 0 Å². The van der Waals surface area contributed by atoms with Crippen molar-refractivity contribution in [2.45, 2.75) is 26.1 Å². The molecule has 0 spiro atoms. The number of ether oxygens (including phenoxy) is 2. The van der Waals surface area contributed by atoms with Gasteiger partial charge in [0.15, 0.2) is 0 Å². The van der Waals surface area contributed by atoms with Crippen LogP contribution in [0.4, 0.5) is 0 Å². The van der Waals surface area contributed by atoms with Gasteiger partial charge in [0, 0.05) is 26.3 Å². The Morgan fingerprint density at radius 3 is 2.43 bits per heavy atom. The van der Waals surface area contributed by atoms with Crippen molar-refractivity contribution < 1.29 is 24.2 Å².